The number of amides is 1. The third-order valence-corrected chi connectivity index (χ3v) is 3.06. The van der Waals surface area contributed by atoms with E-state index in [1.165, 1.54) is 0 Å². The summed E-state index contributed by atoms with van der Waals surface area (Å²) in [6.45, 7) is 3.77. The summed E-state index contributed by atoms with van der Waals surface area (Å²) in [7, 11) is 1.82. The standard InChI is InChI=1S/C13H12N4O/c1-3-10-9-6-15-17-13(18)8-4-7(14-2)5-11(16-10)12(8)9/h3-6,14,16H,1H2,2H3,(H,17,18). The molecule has 0 fully saturated rings. The molecule has 0 spiro atoms. The Hall–Kier alpha value is -2.56. The predicted octanol–water partition coefficient (Wildman–Crippen LogP) is 1.93. The van der Waals surface area contributed by atoms with Crippen LogP contribution in [-0.2, 0) is 0 Å². The second-order valence-electron chi connectivity index (χ2n) is 4.05. The number of H-pyrrole nitrogens is 1. The SMILES string of the molecule is C=Cc1[nH]c2cc(NC)cc3c2c1C=NNC3=O. The van der Waals surface area contributed by atoms with Crippen molar-refractivity contribution in [3.05, 3.63) is 35.5 Å². The minimum Gasteiger partial charge on any atom is -0.388 e. The van der Waals surface area contributed by atoms with Gasteiger partial charge in [0.05, 0.1) is 11.8 Å². The number of anilines is 1. The van der Waals surface area contributed by atoms with Gasteiger partial charge in [0.2, 0.25) is 0 Å². The zero-order chi connectivity index (χ0) is 12.7. The largest absolute Gasteiger partial charge is 0.388 e. The molecule has 1 aromatic carbocycles. The lowest BCUT2D eigenvalue weighted by Gasteiger charge is -2.05. The molecule has 1 aliphatic heterocycles. The van der Waals surface area contributed by atoms with Crippen LogP contribution in [-0.4, -0.2) is 24.2 Å². The number of nitrogens with zero attached hydrogens (tertiary/aromatic N) is 1. The molecule has 5 heteroatoms. The van der Waals surface area contributed by atoms with Gasteiger partial charge in [0.25, 0.3) is 5.91 Å². The number of hydrazone groups is 1. The topological polar surface area (TPSA) is 69.3 Å². The zero-order valence-corrected chi connectivity index (χ0v) is 9.87. The fraction of sp³-hybridized carbons (Fsp3) is 0.0769. The average molecular weight is 240 g/mol. The van der Waals surface area contributed by atoms with Crippen LogP contribution in [0.1, 0.15) is 21.6 Å². The lowest BCUT2D eigenvalue weighted by Crippen LogP contribution is -2.16. The molecule has 18 heavy (non-hydrogen) atoms. The molecule has 0 unspecified atom stereocenters. The molecule has 3 N–H and O–H groups in total. The number of rotatable bonds is 2. The van der Waals surface area contributed by atoms with E-state index in [0.717, 1.165) is 27.8 Å². The number of hydrogen-bond acceptors (Lipinski definition) is 3. The number of aromatic amines is 1. The summed E-state index contributed by atoms with van der Waals surface area (Å²) in [4.78, 5) is 15.2. The van der Waals surface area contributed by atoms with Crippen molar-refractivity contribution in [2.24, 2.45) is 5.10 Å². The summed E-state index contributed by atoms with van der Waals surface area (Å²) in [5, 5.41) is 7.83. The van der Waals surface area contributed by atoms with Gasteiger partial charge in [-0.1, -0.05) is 6.58 Å². The highest BCUT2D eigenvalue weighted by molar-refractivity contribution is 6.16. The average Bonchev–Trinajstić information content (AvgIpc) is 2.66. The first-order valence-electron chi connectivity index (χ1n) is 5.58. The number of benzene rings is 1. The van der Waals surface area contributed by atoms with Crippen LogP contribution in [0.4, 0.5) is 5.69 Å². The summed E-state index contributed by atoms with van der Waals surface area (Å²) in [6.07, 6.45) is 3.36. The Kier molecular flexibility index (Phi) is 2.19. The first kappa shape index (κ1) is 10.6. The maximum atomic E-state index is 12.0. The van der Waals surface area contributed by atoms with E-state index in [1.54, 1.807) is 12.3 Å². The zero-order valence-electron chi connectivity index (χ0n) is 9.87. The van der Waals surface area contributed by atoms with Gasteiger partial charge in [-0.15, -0.1) is 0 Å². The molecule has 90 valence electrons. The van der Waals surface area contributed by atoms with Gasteiger partial charge in [-0.3, -0.25) is 4.79 Å². The summed E-state index contributed by atoms with van der Waals surface area (Å²) < 4.78 is 0. The monoisotopic (exact) mass is 240 g/mol. The summed E-state index contributed by atoms with van der Waals surface area (Å²) in [5.41, 5.74) is 6.61. The Morgan fingerprint density at radius 1 is 1.44 bits per heavy atom. The smallest absolute Gasteiger partial charge is 0.272 e. The van der Waals surface area contributed by atoms with Gasteiger partial charge in [-0.25, -0.2) is 5.43 Å². The maximum absolute atomic E-state index is 12.0. The molecular formula is C13H12N4O. The second kappa shape index (κ2) is 3.73. The number of aromatic nitrogens is 1. The van der Waals surface area contributed by atoms with Crippen molar-refractivity contribution in [3.8, 4) is 0 Å². The van der Waals surface area contributed by atoms with Crippen LogP contribution >= 0.6 is 0 Å². The van der Waals surface area contributed by atoms with Crippen molar-refractivity contribution >= 4 is 34.8 Å². The minimum absolute atomic E-state index is 0.207. The van der Waals surface area contributed by atoms with Crippen LogP contribution < -0.4 is 10.7 Å². The fourth-order valence-corrected chi connectivity index (χ4v) is 2.21. The van der Waals surface area contributed by atoms with E-state index >= 15 is 0 Å². The molecule has 3 rings (SSSR count). The van der Waals surface area contributed by atoms with Gasteiger partial charge in [0.1, 0.15) is 0 Å². The number of carbonyl (C=O) groups excluding carboxylic acids is 1. The molecule has 1 aliphatic rings. The van der Waals surface area contributed by atoms with E-state index in [9.17, 15) is 4.79 Å². The van der Waals surface area contributed by atoms with Crippen LogP contribution in [0, 0.1) is 0 Å². The minimum atomic E-state index is -0.207. The summed E-state index contributed by atoms with van der Waals surface area (Å²) in [6, 6.07) is 3.78. The molecule has 2 aromatic rings. The van der Waals surface area contributed by atoms with Crippen molar-refractivity contribution in [1.29, 1.82) is 0 Å². The molecule has 0 saturated heterocycles. The van der Waals surface area contributed by atoms with Crippen molar-refractivity contribution in [2.75, 3.05) is 12.4 Å². The third-order valence-electron chi connectivity index (χ3n) is 3.06. The van der Waals surface area contributed by atoms with E-state index in [2.05, 4.69) is 27.4 Å². The predicted molar refractivity (Wildman–Crippen MR) is 73.0 cm³/mol. The molecule has 1 amide bonds. The Balaban J connectivity index is 2.47. The molecule has 0 saturated carbocycles. The van der Waals surface area contributed by atoms with E-state index in [-0.39, 0.29) is 5.91 Å². The molecule has 0 radical (unpaired) electrons. The van der Waals surface area contributed by atoms with Crippen molar-refractivity contribution in [1.82, 2.24) is 10.4 Å². The van der Waals surface area contributed by atoms with Crippen LogP contribution in [0.15, 0.2) is 23.8 Å². The van der Waals surface area contributed by atoms with Gasteiger partial charge in [0.15, 0.2) is 0 Å². The third kappa shape index (κ3) is 1.34. The van der Waals surface area contributed by atoms with Crippen LogP contribution in [0.25, 0.3) is 17.0 Å². The van der Waals surface area contributed by atoms with Crippen molar-refractivity contribution < 1.29 is 4.79 Å². The maximum Gasteiger partial charge on any atom is 0.272 e. The van der Waals surface area contributed by atoms with Gasteiger partial charge in [-0.05, 0) is 18.2 Å². The fourth-order valence-electron chi connectivity index (χ4n) is 2.21. The van der Waals surface area contributed by atoms with Gasteiger partial charge >= 0.3 is 0 Å². The Morgan fingerprint density at radius 3 is 3.00 bits per heavy atom. The molecule has 0 bridgehead atoms. The first-order valence-corrected chi connectivity index (χ1v) is 5.58. The highest BCUT2D eigenvalue weighted by Gasteiger charge is 2.19. The van der Waals surface area contributed by atoms with Crippen molar-refractivity contribution in [2.45, 2.75) is 0 Å². The highest BCUT2D eigenvalue weighted by atomic mass is 16.2. The van der Waals surface area contributed by atoms with Gasteiger partial charge in [-0.2, -0.15) is 5.10 Å². The number of nitrogens with one attached hydrogen (secondary N) is 3. The summed E-state index contributed by atoms with van der Waals surface area (Å²) >= 11 is 0. The van der Waals surface area contributed by atoms with E-state index in [1.807, 2.05) is 19.2 Å². The Morgan fingerprint density at radius 2 is 2.28 bits per heavy atom. The Labute approximate surface area is 104 Å². The quantitative estimate of drug-likeness (QED) is 0.750. The lowest BCUT2D eigenvalue weighted by molar-refractivity contribution is 0.0957. The van der Waals surface area contributed by atoms with E-state index in [0.29, 0.717) is 5.56 Å². The molecule has 0 aliphatic carbocycles. The van der Waals surface area contributed by atoms with Crippen molar-refractivity contribution in [3.63, 3.8) is 0 Å². The lowest BCUT2D eigenvalue weighted by atomic mass is 10.0. The molecule has 0 atom stereocenters. The molecule has 5 nitrogen and oxygen atoms in total. The van der Waals surface area contributed by atoms with E-state index in [4.69, 9.17) is 0 Å². The first-order chi connectivity index (χ1) is 8.74. The number of carbonyl (C=O) groups is 1. The Bertz CT molecular complexity index is 697. The highest BCUT2D eigenvalue weighted by Crippen LogP contribution is 2.30. The van der Waals surface area contributed by atoms with Gasteiger partial charge < -0.3 is 10.3 Å². The normalized spacial score (nSPS) is 13.3. The van der Waals surface area contributed by atoms with E-state index < -0.39 is 0 Å². The van der Waals surface area contributed by atoms with Gasteiger partial charge in [0, 0.05) is 34.9 Å². The van der Waals surface area contributed by atoms with Crippen LogP contribution in [0.5, 0.6) is 0 Å². The second-order valence-corrected chi connectivity index (χ2v) is 4.05. The van der Waals surface area contributed by atoms with Crippen LogP contribution in [0.2, 0.25) is 0 Å². The van der Waals surface area contributed by atoms with Crippen LogP contribution in [0.3, 0.4) is 0 Å². The number of hydrogen-bond donors (Lipinski definition) is 3. The molecular weight excluding hydrogens is 228 g/mol. The molecule has 1 aromatic heterocycles. The molecule has 2 heterocycles. The summed E-state index contributed by atoms with van der Waals surface area (Å²) in [5.74, 6) is -0.207.